The zero-order valence-electron chi connectivity index (χ0n) is 12.0. The number of rotatable bonds is 6. The Balaban J connectivity index is 2.05. The summed E-state index contributed by atoms with van der Waals surface area (Å²) in [6.45, 7) is 0.983. The molecular weight excluding hydrogens is 298 g/mol. The van der Waals surface area contributed by atoms with Crippen LogP contribution in [-0.4, -0.2) is 50.4 Å². The van der Waals surface area contributed by atoms with Crippen LogP contribution in [0.3, 0.4) is 0 Å². The lowest BCUT2D eigenvalue weighted by atomic mass is 10.1. The number of aromatic amines is 1. The van der Waals surface area contributed by atoms with Crippen LogP contribution in [-0.2, 0) is 16.3 Å². The highest BCUT2D eigenvalue weighted by Crippen LogP contribution is 2.24. The van der Waals surface area contributed by atoms with Crippen molar-refractivity contribution < 1.29 is 17.2 Å². The Hall–Kier alpha value is -1.47. The molecule has 0 aliphatic heterocycles. The number of hydrogen-bond donors (Lipinski definition) is 1. The van der Waals surface area contributed by atoms with Crippen molar-refractivity contribution in [3.8, 4) is 0 Å². The van der Waals surface area contributed by atoms with E-state index in [-0.39, 0.29) is 11.1 Å². The number of halogens is 2. The number of benzene rings is 1. The number of H-pyrrole nitrogens is 1. The lowest BCUT2D eigenvalue weighted by Crippen LogP contribution is -2.27. The average molecular weight is 316 g/mol. The minimum absolute atomic E-state index is 0.0837. The Kier molecular flexibility index (Phi) is 4.63. The van der Waals surface area contributed by atoms with Crippen molar-refractivity contribution in [1.29, 1.82) is 0 Å². The summed E-state index contributed by atoms with van der Waals surface area (Å²) >= 11 is 0. The molecule has 0 radical (unpaired) electrons. The van der Waals surface area contributed by atoms with Crippen LogP contribution in [0.1, 0.15) is 5.56 Å². The maximum Gasteiger partial charge on any atom is 0.168 e. The van der Waals surface area contributed by atoms with E-state index in [4.69, 9.17) is 0 Å². The number of hydrogen-bond acceptors (Lipinski definition) is 3. The predicted molar refractivity (Wildman–Crippen MR) is 79.1 cm³/mol. The van der Waals surface area contributed by atoms with Crippen LogP contribution >= 0.6 is 0 Å². The van der Waals surface area contributed by atoms with Crippen molar-refractivity contribution in [2.75, 3.05) is 32.1 Å². The molecule has 0 amide bonds. The van der Waals surface area contributed by atoms with E-state index in [2.05, 4.69) is 4.98 Å². The lowest BCUT2D eigenvalue weighted by Gasteiger charge is -2.15. The molecule has 21 heavy (non-hydrogen) atoms. The zero-order chi connectivity index (χ0) is 15.6. The summed E-state index contributed by atoms with van der Waals surface area (Å²) in [4.78, 5) is 4.77. The molecule has 2 rings (SSSR count). The fraction of sp³-hybridized carbons (Fsp3) is 0.429. The molecule has 2 aromatic rings. The molecule has 4 nitrogen and oxygen atoms in total. The van der Waals surface area contributed by atoms with Crippen molar-refractivity contribution in [1.82, 2.24) is 9.88 Å². The van der Waals surface area contributed by atoms with Crippen LogP contribution in [0.4, 0.5) is 8.78 Å². The van der Waals surface area contributed by atoms with Gasteiger partial charge in [-0.3, -0.25) is 0 Å². The lowest BCUT2D eigenvalue weighted by molar-refractivity contribution is 0.358. The third-order valence-electron chi connectivity index (χ3n) is 3.42. The maximum absolute atomic E-state index is 13.8. The van der Waals surface area contributed by atoms with Gasteiger partial charge in [-0.2, -0.15) is 0 Å². The van der Waals surface area contributed by atoms with Gasteiger partial charge in [-0.25, -0.2) is 17.2 Å². The second-order valence-corrected chi connectivity index (χ2v) is 7.54. The van der Waals surface area contributed by atoms with Gasteiger partial charge in [0.15, 0.2) is 11.6 Å². The third-order valence-corrected chi connectivity index (χ3v) is 4.35. The summed E-state index contributed by atoms with van der Waals surface area (Å²) in [6.07, 6.45) is 3.37. The molecule has 1 N–H and O–H groups in total. The highest BCUT2D eigenvalue weighted by molar-refractivity contribution is 7.90. The molecule has 1 aromatic carbocycles. The number of likely N-dealkylation sites (N-methyl/N-ethyl adjacent to an activating group) is 1. The van der Waals surface area contributed by atoms with Gasteiger partial charge in [0.25, 0.3) is 0 Å². The summed E-state index contributed by atoms with van der Waals surface area (Å²) in [6, 6.07) is 2.60. The van der Waals surface area contributed by atoms with Crippen molar-refractivity contribution in [2.45, 2.75) is 6.42 Å². The Bertz CT molecular complexity index is 741. The monoisotopic (exact) mass is 316 g/mol. The summed E-state index contributed by atoms with van der Waals surface area (Å²) in [5.41, 5.74) is 1.25. The first-order chi connectivity index (χ1) is 9.78. The predicted octanol–water partition coefficient (Wildman–Crippen LogP) is 1.97. The summed E-state index contributed by atoms with van der Waals surface area (Å²) in [7, 11) is -1.19. The second-order valence-electron chi connectivity index (χ2n) is 5.28. The fourth-order valence-corrected chi connectivity index (χ4v) is 2.81. The molecular formula is C14H18F2N2O2S. The number of sulfone groups is 1. The summed E-state index contributed by atoms with van der Waals surface area (Å²) in [5, 5.41) is 0.270. The SMILES string of the molecule is CN(CCc1c[nH]c2ccc(F)c(F)c12)CCS(C)(=O)=O. The summed E-state index contributed by atoms with van der Waals surface area (Å²) in [5.74, 6) is -1.63. The van der Waals surface area contributed by atoms with Crippen LogP contribution in [0.5, 0.6) is 0 Å². The smallest absolute Gasteiger partial charge is 0.168 e. The second kappa shape index (κ2) is 6.11. The van der Waals surface area contributed by atoms with Gasteiger partial charge in [0.2, 0.25) is 0 Å². The van der Waals surface area contributed by atoms with Crippen LogP contribution in [0, 0.1) is 11.6 Å². The van der Waals surface area contributed by atoms with E-state index in [9.17, 15) is 17.2 Å². The molecule has 0 spiro atoms. The Morgan fingerprint density at radius 2 is 1.95 bits per heavy atom. The molecule has 0 bridgehead atoms. The number of nitrogens with one attached hydrogen (secondary N) is 1. The first-order valence-corrected chi connectivity index (χ1v) is 8.64. The highest BCUT2D eigenvalue weighted by atomic mass is 32.2. The molecule has 0 atom stereocenters. The summed E-state index contributed by atoms with van der Waals surface area (Å²) < 4.78 is 49.3. The van der Waals surface area contributed by atoms with Crippen LogP contribution in [0.15, 0.2) is 18.3 Å². The van der Waals surface area contributed by atoms with E-state index in [1.54, 1.807) is 13.2 Å². The van der Waals surface area contributed by atoms with E-state index in [0.717, 1.165) is 6.07 Å². The molecule has 0 unspecified atom stereocenters. The van der Waals surface area contributed by atoms with E-state index in [1.807, 2.05) is 4.90 Å². The topological polar surface area (TPSA) is 53.2 Å². The largest absolute Gasteiger partial charge is 0.361 e. The molecule has 0 saturated carbocycles. The van der Waals surface area contributed by atoms with Crippen LogP contribution in [0.25, 0.3) is 10.9 Å². The van der Waals surface area contributed by atoms with Crippen molar-refractivity contribution in [3.63, 3.8) is 0 Å². The number of fused-ring (bicyclic) bond motifs is 1. The van der Waals surface area contributed by atoms with Crippen molar-refractivity contribution in [2.24, 2.45) is 0 Å². The molecule has 0 saturated heterocycles. The van der Waals surface area contributed by atoms with E-state index in [0.29, 0.717) is 30.6 Å². The highest BCUT2D eigenvalue weighted by Gasteiger charge is 2.13. The van der Waals surface area contributed by atoms with Gasteiger partial charge in [0, 0.05) is 36.4 Å². The standard InChI is InChI=1S/C14H18F2N2O2S/c1-18(7-8-21(2,19)20)6-5-10-9-17-12-4-3-11(15)14(16)13(10)12/h3-4,9,17H,5-8H2,1-2H3. The molecule has 1 aromatic heterocycles. The molecule has 7 heteroatoms. The first-order valence-electron chi connectivity index (χ1n) is 6.58. The first kappa shape index (κ1) is 15.9. The van der Waals surface area contributed by atoms with Crippen molar-refractivity contribution in [3.05, 3.63) is 35.5 Å². The molecule has 1 heterocycles. The van der Waals surface area contributed by atoms with Crippen molar-refractivity contribution >= 4 is 20.7 Å². The van der Waals surface area contributed by atoms with E-state index >= 15 is 0 Å². The van der Waals surface area contributed by atoms with Gasteiger partial charge < -0.3 is 9.88 Å². The normalized spacial score (nSPS) is 12.4. The van der Waals surface area contributed by atoms with Gasteiger partial charge in [-0.15, -0.1) is 0 Å². The molecule has 0 aliphatic rings. The average Bonchev–Trinajstić information content (AvgIpc) is 2.81. The van der Waals surface area contributed by atoms with Gasteiger partial charge in [0.1, 0.15) is 9.84 Å². The number of nitrogens with zero attached hydrogens (tertiary/aromatic N) is 1. The van der Waals surface area contributed by atoms with E-state index < -0.39 is 21.5 Å². The third kappa shape index (κ3) is 4.01. The Morgan fingerprint density at radius 1 is 1.24 bits per heavy atom. The molecule has 0 fully saturated rings. The minimum Gasteiger partial charge on any atom is -0.361 e. The Labute approximate surface area is 122 Å². The van der Waals surface area contributed by atoms with Gasteiger partial charge in [0.05, 0.1) is 5.75 Å². The van der Waals surface area contributed by atoms with Crippen LogP contribution < -0.4 is 0 Å². The minimum atomic E-state index is -3.00. The Morgan fingerprint density at radius 3 is 2.62 bits per heavy atom. The zero-order valence-corrected chi connectivity index (χ0v) is 12.8. The van der Waals surface area contributed by atoms with Gasteiger partial charge >= 0.3 is 0 Å². The van der Waals surface area contributed by atoms with Gasteiger partial charge in [-0.05, 0) is 31.2 Å². The van der Waals surface area contributed by atoms with E-state index in [1.165, 1.54) is 12.3 Å². The maximum atomic E-state index is 13.8. The fourth-order valence-electron chi connectivity index (χ4n) is 2.16. The molecule has 0 aliphatic carbocycles. The quantitative estimate of drug-likeness (QED) is 0.886. The van der Waals surface area contributed by atoms with Gasteiger partial charge in [-0.1, -0.05) is 0 Å². The molecule has 116 valence electrons. The number of aromatic nitrogens is 1. The van der Waals surface area contributed by atoms with Crippen LogP contribution in [0.2, 0.25) is 0 Å².